The van der Waals surface area contributed by atoms with Gasteiger partial charge >= 0.3 is 11.9 Å². The molecule has 0 heterocycles. The lowest BCUT2D eigenvalue weighted by Gasteiger charge is -2.20. The summed E-state index contributed by atoms with van der Waals surface area (Å²) < 4.78 is 36.5. The molecule has 0 aromatic carbocycles. The summed E-state index contributed by atoms with van der Waals surface area (Å²) in [4.78, 5) is 34.9. The molecule has 2 atom stereocenters. The number of ether oxygens (including phenoxy) is 1. The first kappa shape index (κ1) is 33.1. The third-order valence-electron chi connectivity index (χ3n) is 5.60. The Balaban J connectivity index is 3.97. The molecule has 204 valence electrons. The Morgan fingerprint density at radius 3 is 1.86 bits per heavy atom. The molecule has 2 unspecified atom stereocenters. The van der Waals surface area contributed by atoms with Crippen molar-refractivity contribution in [3.05, 3.63) is 12.2 Å². The first-order valence-electron chi connectivity index (χ1n) is 12.9. The highest BCUT2D eigenvalue weighted by Crippen LogP contribution is 2.12. The van der Waals surface area contributed by atoms with Gasteiger partial charge in [0.2, 0.25) is 5.91 Å². The van der Waals surface area contributed by atoms with Crippen molar-refractivity contribution in [3.63, 3.8) is 0 Å². The highest BCUT2D eigenvalue weighted by Gasteiger charge is 2.36. The molecule has 3 N–H and O–H groups in total. The number of rotatable bonds is 22. The number of allylic oxidation sites excluding steroid dienone is 2. The summed E-state index contributed by atoms with van der Waals surface area (Å²) in [6.45, 7) is 3.84. The van der Waals surface area contributed by atoms with Crippen LogP contribution in [0.1, 0.15) is 117 Å². The Kier molecular flexibility index (Phi) is 19.1. The van der Waals surface area contributed by atoms with Crippen molar-refractivity contribution >= 4 is 28.0 Å². The molecule has 0 spiro atoms. The topological polar surface area (TPSA) is 147 Å². The molecular weight excluding hydrogens is 474 g/mol. The van der Waals surface area contributed by atoms with Gasteiger partial charge in [0.15, 0.2) is 11.5 Å². The van der Waals surface area contributed by atoms with Gasteiger partial charge in [0.25, 0.3) is 10.1 Å². The fourth-order valence-electron chi connectivity index (χ4n) is 3.51. The average molecular weight is 520 g/mol. The zero-order valence-electron chi connectivity index (χ0n) is 21.4. The van der Waals surface area contributed by atoms with E-state index in [1.54, 1.807) is 6.92 Å². The van der Waals surface area contributed by atoms with Crippen molar-refractivity contribution in [1.82, 2.24) is 5.32 Å². The highest BCUT2D eigenvalue weighted by atomic mass is 32.2. The molecule has 35 heavy (non-hydrogen) atoms. The number of esters is 1. The number of amides is 1. The van der Waals surface area contributed by atoms with E-state index in [0.717, 1.165) is 38.5 Å². The minimum atomic E-state index is -4.95. The predicted octanol–water partition coefficient (Wildman–Crippen LogP) is 5.15. The summed E-state index contributed by atoms with van der Waals surface area (Å²) in [6.07, 6.45) is 17.7. The summed E-state index contributed by atoms with van der Waals surface area (Å²) in [7, 11) is -4.95. The second kappa shape index (κ2) is 20.3. The number of nitrogens with one attached hydrogen (secondary N) is 1. The van der Waals surface area contributed by atoms with Gasteiger partial charge in [-0.05, 0) is 32.1 Å². The predicted molar refractivity (Wildman–Crippen MR) is 135 cm³/mol. The van der Waals surface area contributed by atoms with Crippen molar-refractivity contribution in [2.45, 2.75) is 128 Å². The van der Waals surface area contributed by atoms with Gasteiger partial charge in [0.1, 0.15) is 0 Å². The Morgan fingerprint density at radius 1 is 0.857 bits per heavy atom. The molecule has 10 heteroatoms. The first-order chi connectivity index (χ1) is 16.6. The third-order valence-corrected chi connectivity index (χ3v) is 6.68. The first-order valence-corrected chi connectivity index (χ1v) is 14.4. The van der Waals surface area contributed by atoms with Crippen LogP contribution in [-0.2, 0) is 29.2 Å². The van der Waals surface area contributed by atoms with Crippen molar-refractivity contribution in [2.75, 3.05) is 0 Å². The van der Waals surface area contributed by atoms with E-state index < -0.39 is 40.0 Å². The van der Waals surface area contributed by atoms with Crippen LogP contribution in [0.25, 0.3) is 0 Å². The molecule has 0 aromatic heterocycles. The van der Waals surface area contributed by atoms with Crippen LogP contribution < -0.4 is 5.32 Å². The van der Waals surface area contributed by atoms with Gasteiger partial charge in [-0.1, -0.05) is 77.4 Å². The maximum absolute atomic E-state index is 12.1. The SMILES string of the molecule is CCCCCCCC/C=C\CCCCCCCC(=O)NC(CC)OC(=O)C(CC(=O)O)S(=O)(=O)O. The van der Waals surface area contributed by atoms with Crippen molar-refractivity contribution in [2.24, 2.45) is 0 Å². The van der Waals surface area contributed by atoms with Gasteiger partial charge in [-0.2, -0.15) is 8.42 Å². The van der Waals surface area contributed by atoms with Crippen molar-refractivity contribution < 1.29 is 37.2 Å². The van der Waals surface area contributed by atoms with Crippen LogP contribution in [0.5, 0.6) is 0 Å². The van der Waals surface area contributed by atoms with Crippen molar-refractivity contribution in [3.8, 4) is 0 Å². The lowest BCUT2D eigenvalue weighted by Crippen LogP contribution is -2.42. The van der Waals surface area contributed by atoms with E-state index in [0.29, 0.717) is 6.42 Å². The van der Waals surface area contributed by atoms with E-state index in [9.17, 15) is 22.8 Å². The molecule has 0 aliphatic rings. The number of carboxylic acids is 1. The van der Waals surface area contributed by atoms with Gasteiger partial charge in [-0.3, -0.25) is 18.9 Å². The molecule has 0 aliphatic carbocycles. The van der Waals surface area contributed by atoms with Gasteiger partial charge in [0.05, 0.1) is 6.42 Å². The summed E-state index contributed by atoms with van der Waals surface area (Å²) in [5.74, 6) is -3.34. The number of aliphatic carboxylic acids is 1. The monoisotopic (exact) mass is 519 g/mol. The third kappa shape index (κ3) is 19.0. The summed E-state index contributed by atoms with van der Waals surface area (Å²) >= 11 is 0. The van der Waals surface area contributed by atoms with E-state index in [1.807, 2.05) is 0 Å². The van der Waals surface area contributed by atoms with Crippen LogP contribution in [0.2, 0.25) is 0 Å². The second-order valence-corrected chi connectivity index (χ2v) is 10.4. The maximum Gasteiger partial charge on any atom is 0.329 e. The molecule has 0 aromatic rings. The van der Waals surface area contributed by atoms with Crippen LogP contribution in [0.3, 0.4) is 0 Å². The molecule has 0 rings (SSSR count). The fourth-order valence-corrected chi connectivity index (χ4v) is 4.16. The van der Waals surface area contributed by atoms with Crippen molar-refractivity contribution in [1.29, 1.82) is 0 Å². The van der Waals surface area contributed by atoms with Gasteiger partial charge < -0.3 is 15.2 Å². The lowest BCUT2D eigenvalue weighted by atomic mass is 10.1. The van der Waals surface area contributed by atoms with Crippen LogP contribution in [-0.4, -0.2) is 47.4 Å². The van der Waals surface area contributed by atoms with Gasteiger partial charge in [-0.15, -0.1) is 0 Å². The number of carboxylic acid groups (broad SMARTS) is 1. The average Bonchev–Trinajstić information content (AvgIpc) is 2.78. The number of unbranched alkanes of at least 4 members (excludes halogenated alkanes) is 11. The standard InChI is InChI=1S/C25H45NO8S/c1-3-5-6-7-8-9-10-11-12-13-14-15-16-17-18-19-22(27)26-23(4-2)34-25(30)21(20-24(28)29)35(31,32)33/h11-12,21,23H,3-10,13-20H2,1-2H3,(H,26,27)(H,28,29)(H,31,32,33)/b12-11-. The highest BCUT2D eigenvalue weighted by molar-refractivity contribution is 7.87. The quantitative estimate of drug-likeness (QED) is 0.0585. The minimum absolute atomic E-state index is 0.162. The van der Waals surface area contributed by atoms with Gasteiger partial charge in [-0.25, -0.2) is 0 Å². The Bertz CT molecular complexity index is 736. The summed E-state index contributed by atoms with van der Waals surface area (Å²) in [5, 5.41) is 8.99. The second-order valence-electron chi connectivity index (χ2n) is 8.84. The maximum atomic E-state index is 12.1. The summed E-state index contributed by atoms with van der Waals surface area (Å²) in [6, 6.07) is 0. The Morgan fingerprint density at radius 2 is 1.37 bits per heavy atom. The minimum Gasteiger partial charge on any atom is -0.481 e. The lowest BCUT2D eigenvalue weighted by molar-refractivity contribution is -0.154. The van der Waals surface area contributed by atoms with E-state index >= 15 is 0 Å². The number of hydrogen-bond donors (Lipinski definition) is 3. The fraction of sp³-hybridized carbons (Fsp3) is 0.800. The van der Waals surface area contributed by atoms with Gasteiger partial charge in [0, 0.05) is 12.8 Å². The van der Waals surface area contributed by atoms with Crippen LogP contribution in [0.4, 0.5) is 0 Å². The molecule has 0 fully saturated rings. The van der Waals surface area contributed by atoms with E-state index in [4.69, 9.17) is 14.4 Å². The number of carbonyl (C=O) groups is 3. The zero-order chi connectivity index (χ0) is 26.5. The molecule has 0 saturated heterocycles. The Hall–Kier alpha value is -1.94. The molecule has 0 aliphatic heterocycles. The van der Waals surface area contributed by atoms with Crippen LogP contribution >= 0.6 is 0 Å². The largest absolute Gasteiger partial charge is 0.481 e. The van der Waals surface area contributed by atoms with E-state index in [-0.39, 0.29) is 18.7 Å². The van der Waals surface area contributed by atoms with Crippen LogP contribution in [0.15, 0.2) is 12.2 Å². The molecular formula is C25H45NO8S. The molecule has 0 radical (unpaired) electrons. The smallest absolute Gasteiger partial charge is 0.329 e. The van der Waals surface area contributed by atoms with E-state index in [2.05, 4.69) is 24.4 Å². The molecule has 9 nitrogen and oxygen atoms in total. The number of carbonyl (C=O) groups excluding carboxylic acids is 2. The number of hydrogen-bond acceptors (Lipinski definition) is 6. The molecule has 0 bridgehead atoms. The normalized spacial score (nSPS) is 13.5. The Labute approximate surface area is 210 Å². The van der Waals surface area contributed by atoms with E-state index in [1.165, 1.54) is 38.5 Å². The summed E-state index contributed by atoms with van der Waals surface area (Å²) in [5.41, 5.74) is 0. The molecule has 0 saturated carbocycles. The zero-order valence-corrected chi connectivity index (χ0v) is 22.2. The molecule has 1 amide bonds. The van der Waals surface area contributed by atoms with Crippen LogP contribution in [0, 0.1) is 0 Å².